The number of carbonyl (C=O) groups is 1. The lowest BCUT2D eigenvalue weighted by Crippen LogP contribution is -2.20. The van der Waals surface area contributed by atoms with Gasteiger partial charge < -0.3 is 15.0 Å². The molecule has 1 heterocycles. The number of ether oxygens (including phenoxy) is 1. The first-order chi connectivity index (χ1) is 13.2. The maximum atomic E-state index is 12.2. The Hall–Kier alpha value is -3.31. The number of carbonyl (C=O) groups excluding carboxylic acids is 1. The number of rotatable bonds is 5. The van der Waals surface area contributed by atoms with E-state index in [2.05, 4.69) is 15.3 Å². The predicted octanol–water partition coefficient (Wildman–Crippen LogP) is 4.90. The van der Waals surface area contributed by atoms with Gasteiger partial charge in [0.05, 0.1) is 16.1 Å². The summed E-state index contributed by atoms with van der Waals surface area (Å²) in [5.41, 5.74) is 3.42. The summed E-state index contributed by atoms with van der Waals surface area (Å²) in [6, 6.07) is 22.4. The fraction of sp³-hybridized carbons (Fsp3) is 0.0476. The summed E-state index contributed by atoms with van der Waals surface area (Å²) in [4.78, 5) is 20.0. The molecule has 0 aliphatic carbocycles. The summed E-state index contributed by atoms with van der Waals surface area (Å²) in [5, 5.41) is 3.30. The summed E-state index contributed by atoms with van der Waals surface area (Å²) in [7, 11) is 0. The molecule has 0 spiro atoms. The Labute approximate surface area is 161 Å². The second-order valence-electron chi connectivity index (χ2n) is 5.95. The largest absolute Gasteiger partial charge is 0.482 e. The minimum absolute atomic E-state index is 0.126. The van der Waals surface area contributed by atoms with Crippen LogP contribution in [0, 0.1) is 0 Å². The highest BCUT2D eigenvalue weighted by molar-refractivity contribution is 6.32. The Morgan fingerprint density at radius 3 is 2.70 bits per heavy atom. The van der Waals surface area contributed by atoms with Gasteiger partial charge in [-0.05, 0) is 36.4 Å². The van der Waals surface area contributed by atoms with Crippen LogP contribution < -0.4 is 10.1 Å². The van der Waals surface area contributed by atoms with Crippen molar-refractivity contribution in [3.05, 3.63) is 77.8 Å². The maximum Gasteiger partial charge on any atom is 0.262 e. The Balaban J connectivity index is 1.46. The van der Waals surface area contributed by atoms with E-state index in [4.69, 9.17) is 16.3 Å². The van der Waals surface area contributed by atoms with Crippen molar-refractivity contribution in [1.82, 2.24) is 9.97 Å². The van der Waals surface area contributed by atoms with Crippen molar-refractivity contribution in [1.29, 1.82) is 0 Å². The van der Waals surface area contributed by atoms with Gasteiger partial charge in [0.1, 0.15) is 11.6 Å². The van der Waals surface area contributed by atoms with Crippen LogP contribution in [0.5, 0.6) is 5.75 Å². The van der Waals surface area contributed by atoms with Crippen molar-refractivity contribution in [2.24, 2.45) is 0 Å². The third kappa shape index (κ3) is 3.93. The molecule has 134 valence electrons. The standard InChI is InChI=1S/C21H16ClN3O2/c22-16-8-1-4-11-19(16)27-13-20(26)23-15-7-5-6-14(12-15)21-24-17-9-2-3-10-18(17)25-21/h1-12H,13H2,(H,23,26)(H,24,25). The second kappa shape index (κ2) is 7.51. The molecule has 3 aromatic carbocycles. The van der Waals surface area contributed by atoms with Crippen molar-refractivity contribution >= 4 is 34.2 Å². The Kier molecular flexibility index (Phi) is 4.77. The van der Waals surface area contributed by atoms with Crippen LogP contribution in [0.2, 0.25) is 5.02 Å². The number of aromatic nitrogens is 2. The molecule has 27 heavy (non-hydrogen) atoms. The molecule has 1 aromatic heterocycles. The van der Waals surface area contributed by atoms with E-state index in [9.17, 15) is 4.79 Å². The lowest BCUT2D eigenvalue weighted by atomic mass is 10.2. The zero-order valence-corrected chi connectivity index (χ0v) is 15.0. The number of H-pyrrole nitrogens is 1. The van der Waals surface area contributed by atoms with Gasteiger partial charge in [-0.3, -0.25) is 4.79 Å². The fourth-order valence-corrected chi connectivity index (χ4v) is 2.93. The first kappa shape index (κ1) is 17.1. The van der Waals surface area contributed by atoms with E-state index in [-0.39, 0.29) is 12.5 Å². The number of anilines is 1. The maximum absolute atomic E-state index is 12.2. The third-order valence-electron chi connectivity index (χ3n) is 4.00. The van der Waals surface area contributed by atoms with Gasteiger partial charge in [-0.1, -0.05) is 48.0 Å². The number of imidazole rings is 1. The van der Waals surface area contributed by atoms with Crippen LogP contribution in [0.25, 0.3) is 22.4 Å². The molecule has 0 fully saturated rings. The molecule has 0 saturated carbocycles. The first-order valence-electron chi connectivity index (χ1n) is 8.41. The number of fused-ring (bicyclic) bond motifs is 1. The van der Waals surface area contributed by atoms with Crippen LogP contribution in [0.15, 0.2) is 72.8 Å². The van der Waals surface area contributed by atoms with Crippen LogP contribution >= 0.6 is 11.6 Å². The van der Waals surface area contributed by atoms with Crippen molar-refractivity contribution in [3.63, 3.8) is 0 Å². The van der Waals surface area contributed by atoms with Gasteiger partial charge in [0.15, 0.2) is 6.61 Å². The number of nitrogens with zero attached hydrogens (tertiary/aromatic N) is 1. The zero-order valence-electron chi connectivity index (χ0n) is 14.3. The number of hydrogen-bond acceptors (Lipinski definition) is 3. The predicted molar refractivity (Wildman–Crippen MR) is 107 cm³/mol. The number of nitrogens with one attached hydrogen (secondary N) is 2. The molecule has 0 unspecified atom stereocenters. The van der Waals surface area contributed by atoms with Gasteiger partial charge in [-0.2, -0.15) is 0 Å². The monoisotopic (exact) mass is 377 g/mol. The molecule has 0 bridgehead atoms. The average Bonchev–Trinajstić information content (AvgIpc) is 3.12. The van der Waals surface area contributed by atoms with Gasteiger partial charge >= 0.3 is 0 Å². The molecule has 4 aromatic rings. The van der Waals surface area contributed by atoms with Crippen LogP contribution in [0.1, 0.15) is 0 Å². The van der Waals surface area contributed by atoms with Crippen molar-refractivity contribution < 1.29 is 9.53 Å². The molecular weight excluding hydrogens is 362 g/mol. The summed E-state index contributed by atoms with van der Waals surface area (Å²) >= 11 is 6.02. The van der Waals surface area contributed by atoms with E-state index < -0.39 is 0 Å². The number of para-hydroxylation sites is 3. The summed E-state index contributed by atoms with van der Waals surface area (Å²) < 4.78 is 5.46. The average molecular weight is 378 g/mol. The highest BCUT2D eigenvalue weighted by atomic mass is 35.5. The minimum atomic E-state index is -0.267. The van der Waals surface area contributed by atoms with Gasteiger partial charge in [-0.15, -0.1) is 0 Å². The summed E-state index contributed by atoms with van der Waals surface area (Å²) in [6.07, 6.45) is 0. The van der Waals surface area contributed by atoms with Crippen LogP contribution in [0.3, 0.4) is 0 Å². The third-order valence-corrected chi connectivity index (χ3v) is 4.32. The van der Waals surface area contributed by atoms with Crippen molar-refractivity contribution in [3.8, 4) is 17.1 Å². The molecular formula is C21H16ClN3O2. The molecule has 0 radical (unpaired) electrons. The first-order valence-corrected chi connectivity index (χ1v) is 8.79. The highest BCUT2D eigenvalue weighted by Gasteiger charge is 2.09. The van der Waals surface area contributed by atoms with Crippen LogP contribution in [0.4, 0.5) is 5.69 Å². The quantitative estimate of drug-likeness (QED) is 0.519. The number of halogens is 1. The van der Waals surface area contributed by atoms with E-state index in [0.717, 1.165) is 22.4 Å². The van der Waals surface area contributed by atoms with Crippen molar-refractivity contribution in [2.45, 2.75) is 0 Å². The van der Waals surface area contributed by atoms with Gasteiger partial charge in [0, 0.05) is 11.3 Å². The highest BCUT2D eigenvalue weighted by Crippen LogP contribution is 2.24. The second-order valence-corrected chi connectivity index (χ2v) is 6.36. The van der Waals surface area contributed by atoms with Gasteiger partial charge in [0.25, 0.3) is 5.91 Å². The van der Waals surface area contributed by atoms with E-state index in [1.54, 1.807) is 24.3 Å². The number of benzene rings is 3. The lowest BCUT2D eigenvalue weighted by Gasteiger charge is -2.09. The van der Waals surface area contributed by atoms with E-state index in [1.165, 1.54) is 0 Å². The molecule has 0 atom stereocenters. The molecule has 0 aliphatic heterocycles. The fourth-order valence-electron chi connectivity index (χ4n) is 2.74. The normalized spacial score (nSPS) is 10.7. The summed E-state index contributed by atoms with van der Waals surface area (Å²) in [5.74, 6) is 0.960. The SMILES string of the molecule is O=C(COc1ccccc1Cl)Nc1cccc(-c2nc3ccccc3[nH]2)c1. The molecule has 4 rings (SSSR count). The molecule has 1 amide bonds. The molecule has 5 nitrogen and oxygen atoms in total. The topological polar surface area (TPSA) is 67.0 Å². The molecule has 2 N–H and O–H groups in total. The van der Waals surface area contributed by atoms with E-state index >= 15 is 0 Å². The number of aromatic amines is 1. The Morgan fingerprint density at radius 1 is 1.04 bits per heavy atom. The zero-order chi connectivity index (χ0) is 18.6. The number of hydrogen-bond donors (Lipinski definition) is 2. The lowest BCUT2D eigenvalue weighted by molar-refractivity contribution is -0.118. The Bertz CT molecular complexity index is 1070. The molecule has 0 saturated heterocycles. The van der Waals surface area contributed by atoms with Gasteiger partial charge in [-0.25, -0.2) is 4.98 Å². The van der Waals surface area contributed by atoms with E-state index in [0.29, 0.717) is 16.5 Å². The van der Waals surface area contributed by atoms with E-state index in [1.807, 2.05) is 48.5 Å². The Morgan fingerprint density at radius 2 is 1.85 bits per heavy atom. The van der Waals surface area contributed by atoms with Crippen molar-refractivity contribution in [2.75, 3.05) is 11.9 Å². The van der Waals surface area contributed by atoms with Gasteiger partial charge in [0.2, 0.25) is 0 Å². The smallest absolute Gasteiger partial charge is 0.262 e. The van der Waals surface area contributed by atoms with Crippen LogP contribution in [-0.2, 0) is 4.79 Å². The number of amides is 1. The summed E-state index contributed by atoms with van der Waals surface area (Å²) in [6.45, 7) is -0.126. The molecule has 0 aliphatic rings. The minimum Gasteiger partial charge on any atom is -0.482 e. The molecule has 6 heteroatoms. The van der Waals surface area contributed by atoms with Crippen LogP contribution in [-0.4, -0.2) is 22.5 Å².